The first kappa shape index (κ1) is 11.3. The number of allylic oxidation sites excluding steroid dienone is 2. The fourth-order valence-electron chi connectivity index (χ4n) is 1.75. The Bertz CT molecular complexity index is 523. The number of aryl methyl sites for hydroxylation is 1. The number of hydrogen-bond donors (Lipinski definition) is 1. The molecule has 0 saturated carbocycles. The quantitative estimate of drug-likeness (QED) is 0.793. The lowest BCUT2D eigenvalue weighted by atomic mass is 10.1. The minimum Gasteiger partial charge on any atom is -0.472 e. The molecule has 1 aliphatic heterocycles. The van der Waals surface area contributed by atoms with Crippen LogP contribution in [0.4, 0.5) is 0 Å². The Labute approximate surface area is 101 Å². The molecule has 0 spiro atoms. The lowest BCUT2D eigenvalue weighted by Gasteiger charge is -2.29. The van der Waals surface area contributed by atoms with E-state index in [9.17, 15) is 0 Å². The Hall–Kier alpha value is -2.23. The largest absolute Gasteiger partial charge is 0.472 e. The van der Waals surface area contributed by atoms with Crippen molar-refractivity contribution >= 4 is 12.4 Å². The van der Waals surface area contributed by atoms with Crippen LogP contribution in [0.2, 0.25) is 0 Å². The molecule has 0 aromatic carbocycles. The van der Waals surface area contributed by atoms with Crippen LogP contribution >= 0.6 is 0 Å². The molecule has 17 heavy (non-hydrogen) atoms. The molecular formula is C13H15N3O. The first-order valence-corrected chi connectivity index (χ1v) is 5.31. The molecule has 0 atom stereocenters. The maximum atomic E-state index is 5.18. The fraction of sp³-hybridized carbons (Fsp3) is 0.154. The van der Waals surface area contributed by atoms with Crippen molar-refractivity contribution in [1.82, 2.24) is 10.3 Å². The van der Waals surface area contributed by atoms with Crippen LogP contribution in [0.1, 0.15) is 18.1 Å². The van der Waals surface area contributed by atoms with E-state index in [1.165, 1.54) is 0 Å². The first-order chi connectivity index (χ1) is 8.17. The zero-order valence-electron chi connectivity index (χ0n) is 10.0. The van der Waals surface area contributed by atoms with Gasteiger partial charge in [-0.2, -0.15) is 5.10 Å². The summed E-state index contributed by atoms with van der Waals surface area (Å²) in [6, 6.07) is 0. The van der Waals surface area contributed by atoms with Gasteiger partial charge in [0, 0.05) is 12.3 Å². The van der Waals surface area contributed by atoms with Gasteiger partial charge in [0.1, 0.15) is 5.82 Å². The Kier molecular flexibility index (Phi) is 2.87. The van der Waals surface area contributed by atoms with Crippen LogP contribution in [0.15, 0.2) is 52.3 Å². The van der Waals surface area contributed by atoms with E-state index in [0.717, 1.165) is 28.3 Å². The molecule has 1 aromatic rings. The Morgan fingerprint density at radius 2 is 2.24 bits per heavy atom. The molecule has 2 rings (SSSR count). The van der Waals surface area contributed by atoms with Gasteiger partial charge in [-0.15, -0.1) is 0 Å². The standard InChI is InChI=1S/C13H15N3O/c1-5-13-15-12(6-10(3)16(13)14-4)11-8-17-7-9(11)2/h5-8,15H,3-4H2,1-2H3/b13-5-. The van der Waals surface area contributed by atoms with Crippen molar-refractivity contribution < 1.29 is 4.42 Å². The molecule has 0 unspecified atom stereocenters. The third-order valence-corrected chi connectivity index (χ3v) is 2.63. The molecule has 0 aliphatic carbocycles. The van der Waals surface area contributed by atoms with E-state index >= 15 is 0 Å². The summed E-state index contributed by atoms with van der Waals surface area (Å²) >= 11 is 0. The average Bonchev–Trinajstić information content (AvgIpc) is 2.74. The van der Waals surface area contributed by atoms with Crippen molar-refractivity contribution in [3.05, 3.63) is 53.9 Å². The van der Waals surface area contributed by atoms with Crippen LogP contribution in [0.5, 0.6) is 0 Å². The second-order valence-electron chi connectivity index (χ2n) is 3.77. The minimum atomic E-state index is 0.766. The lowest BCUT2D eigenvalue weighted by Crippen LogP contribution is -2.30. The van der Waals surface area contributed by atoms with Crippen LogP contribution < -0.4 is 5.32 Å². The van der Waals surface area contributed by atoms with Crippen LogP contribution in [-0.2, 0) is 0 Å². The molecule has 1 N–H and O–H groups in total. The highest BCUT2D eigenvalue weighted by atomic mass is 16.3. The third kappa shape index (κ3) is 1.89. The van der Waals surface area contributed by atoms with Crippen molar-refractivity contribution in [2.24, 2.45) is 5.10 Å². The Balaban J connectivity index is 2.43. The van der Waals surface area contributed by atoms with Gasteiger partial charge in [-0.25, -0.2) is 5.01 Å². The van der Waals surface area contributed by atoms with Crippen LogP contribution in [0, 0.1) is 6.92 Å². The molecule has 1 aromatic heterocycles. The molecule has 1 aliphatic rings. The van der Waals surface area contributed by atoms with Gasteiger partial charge < -0.3 is 9.73 Å². The van der Waals surface area contributed by atoms with Crippen LogP contribution in [-0.4, -0.2) is 11.7 Å². The van der Waals surface area contributed by atoms with Gasteiger partial charge in [0.2, 0.25) is 0 Å². The van der Waals surface area contributed by atoms with E-state index < -0.39 is 0 Å². The smallest absolute Gasteiger partial charge is 0.128 e. The summed E-state index contributed by atoms with van der Waals surface area (Å²) in [4.78, 5) is 0. The second-order valence-corrected chi connectivity index (χ2v) is 3.77. The van der Waals surface area contributed by atoms with Crippen molar-refractivity contribution in [1.29, 1.82) is 0 Å². The SMILES string of the molecule is C=NN1C(=C)C=C(c2cocc2C)N/C1=C/C. The molecule has 0 amide bonds. The average molecular weight is 229 g/mol. The highest BCUT2D eigenvalue weighted by molar-refractivity contribution is 5.71. The number of rotatable bonds is 2. The monoisotopic (exact) mass is 229 g/mol. The molecule has 0 fully saturated rings. The first-order valence-electron chi connectivity index (χ1n) is 5.31. The number of hydrogen-bond acceptors (Lipinski definition) is 4. The molecule has 2 heterocycles. The minimum absolute atomic E-state index is 0.766. The summed E-state index contributed by atoms with van der Waals surface area (Å²) in [6.45, 7) is 11.4. The van der Waals surface area contributed by atoms with Crippen molar-refractivity contribution in [3.63, 3.8) is 0 Å². The Morgan fingerprint density at radius 1 is 1.47 bits per heavy atom. The Morgan fingerprint density at radius 3 is 2.76 bits per heavy atom. The maximum Gasteiger partial charge on any atom is 0.128 e. The predicted octanol–water partition coefficient (Wildman–Crippen LogP) is 2.82. The molecular weight excluding hydrogens is 214 g/mol. The summed E-state index contributed by atoms with van der Waals surface area (Å²) in [5.74, 6) is 0.836. The summed E-state index contributed by atoms with van der Waals surface area (Å²) < 4.78 is 5.18. The summed E-state index contributed by atoms with van der Waals surface area (Å²) in [6.07, 6.45) is 7.27. The van der Waals surface area contributed by atoms with Gasteiger partial charge in [-0.3, -0.25) is 0 Å². The topological polar surface area (TPSA) is 40.8 Å². The van der Waals surface area contributed by atoms with Gasteiger partial charge in [0.05, 0.1) is 23.9 Å². The van der Waals surface area contributed by atoms with E-state index in [2.05, 4.69) is 23.7 Å². The highest BCUT2D eigenvalue weighted by Crippen LogP contribution is 2.26. The van der Waals surface area contributed by atoms with Crippen molar-refractivity contribution in [3.8, 4) is 0 Å². The van der Waals surface area contributed by atoms with Crippen molar-refractivity contribution in [2.75, 3.05) is 0 Å². The normalized spacial score (nSPS) is 18.0. The number of furan rings is 1. The fourth-order valence-corrected chi connectivity index (χ4v) is 1.75. The zero-order valence-corrected chi connectivity index (χ0v) is 10.0. The van der Waals surface area contributed by atoms with E-state index in [-0.39, 0.29) is 0 Å². The molecule has 0 bridgehead atoms. The second kappa shape index (κ2) is 4.33. The van der Waals surface area contributed by atoms with Gasteiger partial charge in [0.15, 0.2) is 0 Å². The van der Waals surface area contributed by atoms with Crippen LogP contribution in [0.3, 0.4) is 0 Å². The van der Waals surface area contributed by atoms with E-state index in [4.69, 9.17) is 4.42 Å². The molecule has 88 valence electrons. The summed E-state index contributed by atoms with van der Waals surface area (Å²) in [5.41, 5.74) is 3.82. The summed E-state index contributed by atoms with van der Waals surface area (Å²) in [5, 5.41) is 8.83. The van der Waals surface area contributed by atoms with Crippen LogP contribution in [0.25, 0.3) is 5.70 Å². The highest BCUT2D eigenvalue weighted by Gasteiger charge is 2.19. The summed E-state index contributed by atoms with van der Waals surface area (Å²) in [7, 11) is 0. The van der Waals surface area contributed by atoms with Gasteiger partial charge in [0.25, 0.3) is 0 Å². The lowest BCUT2D eigenvalue weighted by molar-refractivity contribution is 0.441. The number of hydrazone groups is 1. The number of nitrogens with zero attached hydrogens (tertiary/aromatic N) is 2. The van der Waals surface area contributed by atoms with Gasteiger partial charge in [-0.05, 0) is 31.6 Å². The third-order valence-electron chi connectivity index (χ3n) is 2.63. The maximum absolute atomic E-state index is 5.18. The molecule has 4 nitrogen and oxygen atoms in total. The van der Waals surface area contributed by atoms with E-state index in [0.29, 0.717) is 0 Å². The predicted molar refractivity (Wildman–Crippen MR) is 68.8 cm³/mol. The zero-order chi connectivity index (χ0) is 12.4. The number of nitrogens with one attached hydrogen (secondary N) is 1. The molecule has 0 saturated heterocycles. The van der Waals surface area contributed by atoms with Crippen molar-refractivity contribution in [2.45, 2.75) is 13.8 Å². The van der Waals surface area contributed by atoms with E-state index in [1.54, 1.807) is 17.5 Å². The molecule has 0 radical (unpaired) electrons. The van der Waals surface area contributed by atoms with Gasteiger partial charge >= 0.3 is 0 Å². The van der Waals surface area contributed by atoms with E-state index in [1.807, 2.05) is 26.0 Å². The van der Waals surface area contributed by atoms with Gasteiger partial charge in [-0.1, -0.05) is 6.58 Å². The molecule has 4 heteroatoms.